The Morgan fingerprint density at radius 1 is 0.676 bits per heavy atom. The fraction of sp³-hybridized carbons (Fsp3) is 0.904. The van der Waals surface area contributed by atoms with Crippen molar-refractivity contribution in [3.8, 4) is 0 Å². The van der Waals surface area contributed by atoms with Gasteiger partial charge in [0.2, 0.25) is 0 Å². The summed E-state index contributed by atoms with van der Waals surface area (Å²) in [6.45, 7) is 17.3. The standard InChI is InChI=1S/C52H86O19/c1-10-12-34(56)65-24-30-38(59)40(61)42(63)45(68-30)70-44-41(62)37(58)29(23-54)67-47(44)69-33-16-18-49(6)31(48(33,4)5)15-20-50(7)32(49)21-27(55)35-26(14-19-51(35,50)8)52(9,17-11-13-25(2)3)71-46-43(64)39(60)36(57)28(22-53)66-46/h10,12-13,26-33,35-47,53-55,57-64H,11,14-24H2,1-9H3/b12-10+. The van der Waals surface area contributed by atoms with Crippen LogP contribution in [0.15, 0.2) is 23.8 Å². The third-order valence-electron chi connectivity index (χ3n) is 19.3. The molecule has 7 fully saturated rings. The second-order valence-electron chi connectivity index (χ2n) is 23.8. The van der Waals surface area contributed by atoms with Gasteiger partial charge in [0.25, 0.3) is 0 Å². The first-order valence-corrected chi connectivity index (χ1v) is 26.0. The normalized spacial score (nSPS) is 49.5. The van der Waals surface area contributed by atoms with E-state index in [2.05, 4.69) is 40.7 Å². The minimum absolute atomic E-state index is 0.0681. The van der Waals surface area contributed by atoms with Crippen LogP contribution in [0.5, 0.6) is 0 Å². The lowest BCUT2D eigenvalue weighted by Crippen LogP contribution is -2.68. The summed E-state index contributed by atoms with van der Waals surface area (Å²) in [4.78, 5) is 12.1. The van der Waals surface area contributed by atoms with E-state index >= 15 is 0 Å². The average Bonchev–Trinajstić information content (AvgIpc) is 3.70. The fourth-order valence-corrected chi connectivity index (χ4v) is 15.2. The minimum atomic E-state index is -1.84. The highest BCUT2D eigenvalue weighted by molar-refractivity contribution is 5.81. The molecule has 25 atom stereocenters. The monoisotopic (exact) mass is 1010 g/mol. The van der Waals surface area contributed by atoms with Crippen LogP contribution in [0.4, 0.5) is 0 Å². The maximum atomic E-state index is 12.7. The summed E-state index contributed by atoms with van der Waals surface area (Å²) in [7, 11) is 0. The van der Waals surface area contributed by atoms with Crippen LogP contribution >= 0.6 is 0 Å². The van der Waals surface area contributed by atoms with Gasteiger partial charge in [0.1, 0.15) is 79.9 Å². The summed E-state index contributed by atoms with van der Waals surface area (Å²) in [5, 5.41) is 121. The summed E-state index contributed by atoms with van der Waals surface area (Å²) >= 11 is 0. The Bertz CT molecular complexity index is 1880. The summed E-state index contributed by atoms with van der Waals surface area (Å²) in [6, 6.07) is 0. The number of hydrogen-bond acceptors (Lipinski definition) is 19. The number of carbonyl (C=O) groups excluding carboxylic acids is 1. The zero-order valence-electron chi connectivity index (χ0n) is 43.0. The molecule has 3 saturated heterocycles. The molecule has 0 radical (unpaired) electrons. The number of allylic oxidation sites excluding steroid dienone is 3. The van der Waals surface area contributed by atoms with E-state index < -0.39 is 141 Å². The predicted molar refractivity (Wildman–Crippen MR) is 252 cm³/mol. The molecule has 7 rings (SSSR count). The Labute approximate surface area is 418 Å². The van der Waals surface area contributed by atoms with Crippen molar-refractivity contribution in [3.63, 3.8) is 0 Å². The molecule has 0 aromatic rings. The first-order chi connectivity index (χ1) is 33.2. The fourth-order valence-electron chi connectivity index (χ4n) is 15.2. The van der Waals surface area contributed by atoms with Gasteiger partial charge < -0.3 is 89.3 Å². The number of esters is 1. The van der Waals surface area contributed by atoms with Crippen molar-refractivity contribution >= 4 is 5.97 Å². The summed E-state index contributed by atoms with van der Waals surface area (Å²) < 4.78 is 42.8. The molecule has 71 heavy (non-hydrogen) atoms. The second-order valence-corrected chi connectivity index (χ2v) is 23.8. The zero-order chi connectivity index (χ0) is 52.3. The number of carbonyl (C=O) groups is 1. The predicted octanol–water partition coefficient (Wildman–Crippen LogP) is 1.10. The molecule has 3 heterocycles. The van der Waals surface area contributed by atoms with Crippen molar-refractivity contribution in [1.29, 1.82) is 0 Å². The Balaban J connectivity index is 1.11. The largest absolute Gasteiger partial charge is 0.460 e. The molecular formula is C52H86O19. The third kappa shape index (κ3) is 10.2. The maximum Gasteiger partial charge on any atom is 0.330 e. The first-order valence-electron chi connectivity index (χ1n) is 26.0. The highest BCUT2D eigenvalue weighted by Gasteiger charge is 2.72. The van der Waals surface area contributed by atoms with Crippen LogP contribution in [-0.4, -0.2) is 192 Å². The van der Waals surface area contributed by atoms with Crippen LogP contribution in [-0.2, 0) is 38.0 Å². The molecule has 0 aromatic carbocycles. The first kappa shape index (κ1) is 57.0. The van der Waals surface area contributed by atoms with Gasteiger partial charge in [-0.1, -0.05) is 52.3 Å². The molecule has 0 spiro atoms. The number of aliphatic hydroxyl groups excluding tert-OH is 11. The highest BCUT2D eigenvalue weighted by atomic mass is 16.8. The Morgan fingerprint density at radius 3 is 1.87 bits per heavy atom. The number of hydrogen-bond donors (Lipinski definition) is 11. The van der Waals surface area contributed by atoms with Gasteiger partial charge in [-0.3, -0.25) is 0 Å². The van der Waals surface area contributed by atoms with Crippen LogP contribution in [0.2, 0.25) is 0 Å². The van der Waals surface area contributed by atoms with Crippen molar-refractivity contribution in [3.05, 3.63) is 23.8 Å². The highest BCUT2D eigenvalue weighted by Crippen LogP contribution is 2.76. The van der Waals surface area contributed by atoms with Gasteiger partial charge in [0, 0.05) is 6.08 Å². The van der Waals surface area contributed by atoms with Crippen molar-refractivity contribution in [2.24, 2.45) is 45.3 Å². The van der Waals surface area contributed by atoms with Crippen molar-refractivity contribution < 1.29 is 94.1 Å². The van der Waals surface area contributed by atoms with Gasteiger partial charge in [-0.15, -0.1) is 0 Å². The van der Waals surface area contributed by atoms with E-state index in [1.54, 1.807) is 6.92 Å². The molecule has 0 amide bonds. The average molecular weight is 1020 g/mol. The molecule has 25 unspecified atom stereocenters. The molecule has 0 aromatic heterocycles. The van der Waals surface area contributed by atoms with Crippen molar-refractivity contribution in [2.45, 2.75) is 230 Å². The Kier molecular flexibility index (Phi) is 17.4. The third-order valence-corrected chi connectivity index (χ3v) is 19.3. The topological polar surface area (TPSA) is 304 Å². The van der Waals surface area contributed by atoms with Crippen LogP contribution in [0.3, 0.4) is 0 Å². The minimum Gasteiger partial charge on any atom is -0.460 e. The van der Waals surface area contributed by atoms with Crippen LogP contribution in [0.25, 0.3) is 0 Å². The number of rotatable bonds is 15. The van der Waals surface area contributed by atoms with Gasteiger partial charge in [-0.2, -0.15) is 0 Å². The number of fused-ring (bicyclic) bond motifs is 5. The summed E-state index contributed by atoms with van der Waals surface area (Å²) in [5.41, 5.74) is -1.22. The van der Waals surface area contributed by atoms with E-state index in [9.17, 15) is 61.0 Å². The second kappa shape index (κ2) is 21.7. The quantitative estimate of drug-likeness (QED) is 0.0474. The van der Waals surface area contributed by atoms with Gasteiger partial charge in [0.15, 0.2) is 18.9 Å². The number of aliphatic hydroxyl groups is 11. The van der Waals surface area contributed by atoms with Gasteiger partial charge in [-0.25, -0.2) is 4.79 Å². The van der Waals surface area contributed by atoms with E-state index in [0.717, 1.165) is 37.3 Å². The van der Waals surface area contributed by atoms with Gasteiger partial charge in [-0.05, 0) is 131 Å². The molecule has 408 valence electrons. The lowest BCUT2D eigenvalue weighted by Gasteiger charge is -2.71. The van der Waals surface area contributed by atoms with Crippen LogP contribution < -0.4 is 0 Å². The van der Waals surface area contributed by atoms with E-state index in [4.69, 9.17) is 33.2 Å². The van der Waals surface area contributed by atoms with Crippen molar-refractivity contribution in [2.75, 3.05) is 19.8 Å². The molecule has 4 aliphatic carbocycles. The lowest BCUT2D eigenvalue weighted by atomic mass is 9.35. The van der Waals surface area contributed by atoms with Gasteiger partial charge >= 0.3 is 5.97 Å². The molecular weight excluding hydrogens is 929 g/mol. The number of ether oxygens (including phenoxy) is 7. The van der Waals surface area contributed by atoms with E-state index in [1.807, 2.05) is 20.8 Å². The lowest BCUT2D eigenvalue weighted by molar-refractivity contribution is -0.378. The van der Waals surface area contributed by atoms with Crippen LogP contribution in [0, 0.1) is 45.3 Å². The molecule has 19 heteroatoms. The van der Waals surface area contributed by atoms with Crippen molar-refractivity contribution in [1.82, 2.24) is 0 Å². The molecule has 19 nitrogen and oxygen atoms in total. The molecule has 3 aliphatic heterocycles. The Hall–Kier alpha value is -1.73. The maximum absolute atomic E-state index is 12.7. The molecule has 4 saturated carbocycles. The van der Waals surface area contributed by atoms with Gasteiger partial charge in [0.05, 0.1) is 31.0 Å². The smallest absolute Gasteiger partial charge is 0.330 e. The van der Waals surface area contributed by atoms with E-state index in [-0.39, 0.29) is 39.9 Å². The summed E-state index contributed by atoms with van der Waals surface area (Å²) in [6.07, 6.45) is -13.4. The molecule has 0 bridgehead atoms. The Morgan fingerprint density at radius 2 is 1.25 bits per heavy atom. The van der Waals surface area contributed by atoms with E-state index in [1.165, 1.54) is 6.08 Å². The molecule has 7 aliphatic rings. The zero-order valence-corrected chi connectivity index (χ0v) is 43.0. The molecule has 11 N–H and O–H groups in total. The van der Waals surface area contributed by atoms with E-state index in [0.29, 0.717) is 32.1 Å². The SMILES string of the molecule is C/C=C/C(=O)OCC1OC(OC2C(OC3CCC4(C)C(CCC5(C)C4CC(O)C4C(C(C)(CCC=C(C)C)OC6OC(CO)C(O)C(O)C6O)CCC45C)C3(C)C)OC(CO)C(O)C2O)C(O)C(O)C1O. The van der Waals surface area contributed by atoms with Crippen LogP contribution in [0.1, 0.15) is 120 Å². The summed E-state index contributed by atoms with van der Waals surface area (Å²) in [5.74, 6) is -0.943.